The van der Waals surface area contributed by atoms with Gasteiger partial charge in [-0.05, 0) is 226 Å². The van der Waals surface area contributed by atoms with Crippen molar-refractivity contribution in [3.05, 3.63) is 376 Å². The summed E-state index contributed by atoms with van der Waals surface area (Å²) in [5, 5.41) is 22.3. The van der Waals surface area contributed by atoms with Crippen molar-refractivity contribution in [2.24, 2.45) is 0 Å². The predicted molar refractivity (Wildman–Crippen MR) is 430 cm³/mol. The van der Waals surface area contributed by atoms with Crippen molar-refractivity contribution >= 4 is 97.0 Å². The first-order chi connectivity index (χ1) is 49.7. The fraction of sp³-hybridized carbons (Fsp3) is 0. The van der Waals surface area contributed by atoms with Gasteiger partial charge in [-0.2, -0.15) is 0 Å². The standard InChI is InChI=1S/C100H62/c1-7-28-66(29-8-1)87-88(67-30-9-2-10-31-67)91(70-36-15-5-16-37-70)98-84-45-25-47-86-96(84)95-83(97(98)90(87)69-34-13-4-14-35-69)44-24-46-85(95)99-92(71-38-17-6-18-39-71)94(78-41-23-40-73(62-78)75-57-59-82-77(61-75)55-51-65-27-20-22-43-80(65)82)89(68-32-11-3-12-33-68)93(100(86)99)72-52-48-63(49-53-72)74-56-58-81-76(60-74)54-50-64-26-19-21-42-79(64)81/h1-62H. The van der Waals surface area contributed by atoms with Gasteiger partial charge in [0.05, 0.1) is 0 Å². The number of benzene rings is 20. The third kappa shape index (κ3) is 9.08. The van der Waals surface area contributed by atoms with Crippen molar-refractivity contribution < 1.29 is 0 Å². The van der Waals surface area contributed by atoms with Crippen LogP contribution in [0.5, 0.6) is 0 Å². The van der Waals surface area contributed by atoms with E-state index in [0.717, 1.165) is 27.8 Å². The average Bonchev–Trinajstić information content (AvgIpc) is 0.672. The smallest absolute Gasteiger partial charge is 0.000718 e. The van der Waals surface area contributed by atoms with Crippen LogP contribution in [0.4, 0.5) is 0 Å². The molecule has 0 fully saturated rings. The summed E-state index contributed by atoms with van der Waals surface area (Å²) >= 11 is 0. The van der Waals surface area contributed by atoms with E-state index in [0.29, 0.717) is 0 Å². The zero-order chi connectivity index (χ0) is 65.8. The highest BCUT2D eigenvalue weighted by molar-refractivity contribution is 6.46. The minimum Gasteiger partial charge on any atom is -0.0622 e. The predicted octanol–water partition coefficient (Wildman–Crippen LogP) is 28.2. The van der Waals surface area contributed by atoms with Crippen LogP contribution < -0.4 is 0 Å². The molecular weight excluding hydrogens is 1200 g/mol. The molecule has 0 amide bonds. The lowest BCUT2D eigenvalue weighted by Gasteiger charge is -2.29. The van der Waals surface area contributed by atoms with Crippen LogP contribution in [0.2, 0.25) is 0 Å². The maximum Gasteiger partial charge on any atom is -0.000718 e. The first-order valence-electron chi connectivity index (χ1n) is 34.8. The summed E-state index contributed by atoms with van der Waals surface area (Å²) in [6.07, 6.45) is 0. The molecule has 0 aliphatic carbocycles. The molecule has 0 saturated heterocycles. The summed E-state index contributed by atoms with van der Waals surface area (Å²) in [6.45, 7) is 0. The first-order valence-corrected chi connectivity index (χ1v) is 34.8. The average molecular weight is 1260 g/mol. The van der Waals surface area contributed by atoms with Gasteiger partial charge in [0.25, 0.3) is 0 Å². The van der Waals surface area contributed by atoms with Crippen LogP contribution >= 0.6 is 0 Å². The second kappa shape index (κ2) is 23.4. The molecule has 0 heterocycles. The van der Waals surface area contributed by atoms with Crippen molar-refractivity contribution in [3.63, 3.8) is 0 Å². The van der Waals surface area contributed by atoms with Crippen molar-refractivity contribution in [2.75, 3.05) is 0 Å². The van der Waals surface area contributed by atoms with Gasteiger partial charge >= 0.3 is 0 Å². The fourth-order valence-corrected chi connectivity index (χ4v) is 17.1. The normalized spacial score (nSPS) is 11.8. The lowest BCUT2D eigenvalue weighted by Crippen LogP contribution is -2.02. The van der Waals surface area contributed by atoms with Crippen molar-refractivity contribution in [1.82, 2.24) is 0 Å². The molecule has 0 heteroatoms. The first kappa shape index (κ1) is 57.3. The molecule has 0 aliphatic heterocycles. The van der Waals surface area contributed by atoms with Crippen molar-refractivity contribution in [2.45, 2.75) is 0 Å². The maximum atomic E-state index is 2.47. The van der Waals surface area contributed by atoms with E-state index in [1.54, 1.807) is 0 Å². The highest BCUT2D eigenvalue weighted by Crippen LogP contribution is 2.60. The van der Waals surface area contributed by atoms with Gasteiger partial charge in [0, 0.05) is 0 Å². The molecule has 0 bridgehead atoms. The molecule has 0 aliphatic rings. The lowest BCUT2D eigenvalue weighted by atomic mass is 9.73. The van der Waals surface area contributed by atoms with Crippen LogP contribution in [0.15, 0.2) is 376 Å². The monoisotopic (exact) mass is 1260 g/mol. The van der Waals surface area contributed by atoms with E-state index in [1.807, 2.05) is 0 Å². The topological polar surface area (TPSA) is 0 Å². The van der Waals surface area contributed by atoms with Gasteiger partial charge in [-0.15, -0.1) is 0 Å². The molecule has 0 nitrogen and oxygen atoms in total. The molecule has 20 aromatic carbocycles. The molecular formula is C100H62. The van der Waals surface area contributed by atoms with Gasteiger partial charge in [-0.1, -0.05) is 358 Å². The summed E-state index contributed by atoms with van der Waals surface area (Å²) in [5.74, 6) is 0. The molecule has 0 N–H and O–H groups in total. The highest BCUT2D eigenvalue weighted by atomic mass is 14.3. The van der Waals surface area contributed by atoms with E-state index < -0.39 is 0 Å². The Hall–Kier alpha value is -13.0. The number of rotatable bonds is 10. The van der Waals surface area contributed by atoms with Gasteiger partial charge < -0.3 is 0 Å². The van der Waals surface area contributed by atoms with Crippen molar-refractivity contribution in [1.29, 1.82) is 0 Å². The third-order valence-corrected chi connectivity index (χ3v) is 21.3. The molecule has 0 unspecified atom stereocenters. The van der Waals surface area contributed by atoms with E-state index in [4.69, 9.17) is 0 Å². The Morgan fingerprint density at radius 1 is 0.100 bits per heavy atom. The summed E-state index contributed by atoms with van der Waals surface area (Å²) in [5.41, 5.74) is 23.6. The summed E-state index contributed by atoms with van der Waals surface area (Å²) in [7, 11) is 0. The minimum atomic E-state index is 1.15. The van der Waals surface area contributed by atoms with Crippen LogP contribution in [0, 0.1) is 0 Å². The largest absolute Gasteiger partial charge is 0.0622 e. The van der Waals surface area contributed by atoms with Gasteiger partial charge in [0.15, 0.2) is 0 Å². The molecule has 20 aromatic rings. The molecule has 0 saturated carbocycles. The van der Waals surface area contributed by atoms with Crippen molar-refractivity contribution in [3.8, 4) is 111 Å². The van der Waals surface area contributed by atoms with Gasteiger partial charge in [-0.3, -0.25) is 0 Å². The van der Waals surface area contributed by atoms with Crippen LogP contribution in [-0.2, 0) is 0 Å². The Labute approximate surface area is 580 Å². The zero-order valence-electron chi connectivity index (χ0n) is 54.8. The molecule has 462 valence electrons. The third-order valence-electron chi connectivity index (χ3n) is 21.3. The van der Waals surface area contributed by atoms with E-state index in [2.05, 4.69) is 376 Å². The highest BCUT2D eigenvalue weighted by Gasteiger charge is 2.32. The van der Waals surface area contributed by atoms with E-state index >= 15 is 0 Å². The number of hydrogen-bond acceptors (Lipinski definition) is 0. The quantitative estimate of drug-likeness (QED) is 0.0946. The number of fused-ring (bicyclic) bond motifs is 12. The van der Waals surface area contributed by atoms with E-state index in [-0.39, 0.29) is 0 Å². The SMILES string of the molecule is c1ccc(-c2c(-c3ccccc3)c(-c3ccccc3)c3c4cccc5c6c(-c7ccccc7)c(-c7cccc(-c8ccc9c(ccc%10ccccc%109)c8)c7)c(-c7ccccc7)c(-c7ccc(-c8ccc9c(ccc%10ccccc%109)c8)cc7)c6c6cccc(c3c2-c2ccccc2)c6c45)cc1. The Bertz CT molecular complexity index is 6440. The number of hydrogen-bond donors (Lipinski definition) is 0. The Morgan fingerprint density at radius 3 is 0.710 bits per heavy atom. The molecule has 0 radical (unpaired) electrons. The Kier molecular flexibility index (Phi) is 13.4. The summed E-state index contributed by atoms with van der Waals surface area (Å²) in [4.78, 5) is 0. The summed E-state index contributed by atoms with van der Waals surface area (Å²) < 4.78 is 0. The van der Waals surface area contributed by atoms with Crippen LogP contribution in [-0.4, -0.2) is 0 Å². The summed E-state index contributed by atoms with van der Waals surface area (Å²) in [6, 6.07) is 141. The Morgan fingerprint density at radius 2 is 0.330 bits per heavy atom. The van der Waals surface area contributed by atoms with Crippen LogP contribution in [0.1, 0.15) is 0 Å². The zero-order valence-corrected chi connectivity index (χ0v) is 54.8. The van der Waals surface area contributed by atoms with Gasteiger partial charge in [0.2, 0.25) is 0 Å². The Balaban J connectivity index is 0.980. The minimum absolute atomic E-state index is 1.15. The van der Waals surface area contributed by atoms with Gasteiger partial charge in [-0.25, -0.2) is 0 Å². The van der Waals surface area contributed by atoms with E-state index in [1.165, 1.54) is 180 Å². The molecule has 0 atom stereocenters. The van der Waals surface area contributed by atoms with Crippen LogP contribution in [0.25, 0.3) is 208 Å². The second-order valence-corrected chi connectivity index (χ2v) is 26.8. The second-order valence-electron chi connectivity index (χ2n) is 26.8. The molecule has 100 heavy (non-hydrogen) atoms. The molecule has 20 rings (SSSR count). The molecule has 0 aromatic heterocycles. The molecule has 0 spiro atoms. The lowest BCUT2D eigenvalue weighted by molar-refractivity contribution is 1.57. The van der Waals surface area contributed by atoms with E-state index in [9.17, 15) is 0 Å². The van der Waals surface area contributed by atoms with Crippen LogP contribution in [0.3, 0.4) is 0 Å². The fourth-order valence-electron chi connectivity index (χ4n) is 17.1. The van der Waals surface area contributed by atoms with Gasteiger partial charge in [0.1, 0.15) is 0 Å². The maximum absolute atomic E-state index is 2.47.